The van der Waals surface area contributed by atoms with Gasteiger partial charge in [-0.05, 0) is 23.3 Å². The molecule has 0 fully saturated rings. The minimum Gasteiger partial charge on any atom is -0.261 e. The lowest BCUT2D eigenvalue weighted by molar-refractivity contribution is 0.858. The van der Waals surface area contributed by atoms with Gasteiger partial charge in [0, 0.05) is 0 Å². The van der Waals surface area contributed by atoms with Crippen LogP contribution in [0.15, 0.2) is 96.1 Å². The number of nitrogens with zero attached hydrogens (tertiary/aromatic N) is 2. The molecule has 0 unspecified atom stereocenters. The van der Waals surface area contributed by atoms with Crippen molar-refractivity contribution in [3.63, 3.8) is 0 Å². The molecule has 2 heteroatoms. The number of anilines is 1. The number of hydrogen-bond donors (Lipinski definition) is 0. The molecule has 0 spiro atoms. The van der Waals surface area contributed by atoms with Crippen molar-refractivity contribution in [2.24, 2.45) is 5.10 Å². The largest absolute Gasteiger partial charge is 0.261 e. The molecule has 3 aromatic carbocycles. The second-order valence-corrected chi connectivity index (χ2v) is 5.03. The summed E-state index contributed by atoms with van der Waals surface area (Å²) in [5, 5.41) is 6.68. The third-order valence-electron chi connectivity index (χ3n) is 3.38. The monoisotopic (exact) mass is 286 g/mol. The van der Waals surface area contributed by atoms with E-state index in [4.69, 9.17) is 0 Å². The zero-order valence-corrected chi connectivity index (χ0v) is 12.3. The van der Waals surface area contributed by atoms with Crippen molar-refractivity contribution in [1.29, 1.82) is 0 Å². The highest BCUT2D eigenvalue weighted by Gasteiger charge is 2.04. The topological polar surface area (TPSA) is 15.6 Å². The molecule has 0 aromatic heterocycles. The van der Waals surface area contributed by atoms with E-state index in [-0.39, 0.29) is 0 Å². The van der Waals surface area contributed by atoms with Crippen molar-refractivity contribution in [2.75, 3.05) is 5.01 Å². The number of hydrogen-bond acceptors (Lipinski definition) is 2. The van der Waals surface area contributed by atoms with E-state index in [2.05, 4.69) is 53.6 Å². The summed E-state index contributed by atoms with van der Waals surface area (Å²) in [6, 6.07) is 30.8. The smallest absolute Gasteiger partial charge is 0.0666 e. The number of rotatable bonds is 5. The van der Waals surface area contributed by atoms with Crippen molar-refractivity contribution >= 4 is 11.9 Å². The van der Waals surface area contributed by atoms with Crippen LogP contribution in [0, 0.1) is 0 Å². The zero-order chi connectivity index (χ0) is 15.0. The molecule has 0 saturated carbocycles. The number of hydrazone groups is 1. The predicted molar refractivity (Wildman–Crippen MR) is 93.1 cm³/mol. The second-order valence-electron chi connectivity index (χ2n) is 5.03. The van der Waals surface area contributed by atoms with Gasteiger partial charge in [-0.15, -0.1) is 0 Å². The van der Waals surface area contributed by atoms with E-state index in [1.807, 2.05) is 53.7 Å². The zero-order valence-electron chi connectivity index (χ0n) is 12.3. The Bertz CT molecular complexity index is 706. The lowest BCUT2D eigenvalue weighted by Crippen LogP contribution is -2.15. The first-order valence-electron chi connectivity index (χ1n) is 7.37. The Balaban J connectivity index is 1.85. The highest BCUT2D eigenvalue weighted by molar-refractivity contribution is 5.80. The molecule has 0 heterocycles. The van der Waals surface area contributed by atoms with Gasteiger partial charge in [-0.25, -0.2) is 0 Å². The molecule has 0 aliphatic rings. The summed E-state index contributed by atoms with van der Waals surface area (Å²) in [4.78, 5) is 0. The molecule has 3 rings (SSSR count). The highest BCUT2D eigenvalue weighted by Crippen LogP contribution is 2.17. The van der Waals surface area contributed by atoms with E-state index in [1.54, 1.807) is 0 Å². The minimum absolute atomic E-state index is 0.744. The van der Waals surface area contributed by atoms with Gasteiger partial charge in [-0.1, -0.05) is 78.9 Å². The third kappa shape index (κ3) is 3.83. The van der Waals surface area contributed by atoms with Gasteiger partial charge in [-0.2, -0.15) is 5.10 Å². The molecule has 0 aliphatic carbocycles. The van der Waals surface area contributed by atoms with Crippen LogP contribution in [0.4, 0.5) is 5.69 Å². The first kappa shape index (κ1) is 14.1. The Morgan fingerprint density at radius 2 is 1.23 bits per heavy atom. The molecular formula is C20H18N2. The van der Waals surface area contributed by atoms with Gasteiger partial charge in [0.1, 0.15) is 0 Å². The van der Waals surface area contributed by atoms with Gasteiger partial charge in [0.2, 0.25) is 0 Å². The molecule has 0 saturated heterocycles. The average Bonchev–Trinajstić information content (AvgIpc) is 2.61. The summed E-state index contributed by atoms with van der Waals surface area (Å²) in [5.41, 5.74) is 3.41. The van der Waals surface area contributed by atoms with Crippen LogP contribution in [0.25, 0.3) is 0 Å². The number of para-hydroxylation sites is 1. The molecule has 22 heavy (non-hydrogen) atoms. The van der Waals surface area contributed by atoms with Crippen LogP contribution >= 0.6 is 0 Å². The van der Waals surface area contributed by atoms with Crippen molar-refractivity contribution in [1.82, 2.24) is 0 Å². The summed E-state index contributed by atoms with van der Waals surface area (Å²) in [5.74, 6) is 0. The summed E-state index contributed by atoms with van der Waals surface area (Å²) in [6.07, 6.45) is 1.90. The van der Waals surface area contributed by atoms with Crippen LogP contribution in [0.1, 0.15) is 11.1 Å². The fraction of sp³-hybridized carbons (Fsp3) is 0.0500. The van der Waals surface area contributed by atoms with Crippen molar-refractivity contribution in [2.45, 2.75) is 6.54 Å². The standard InChI is InChI=1S/C20H18N2/c1-4-10-18(11-5-1)16-21-22(20-14-8-3-9-15-20)17-19-12-6-2-7-13-19/h1-16H,17H2/b21-16+. The number of benzene rings is 3. The molecule has 0 N–H and O–H groups in total. The molecule has 0 bridgehead atoms. The molecule has 0 aliphatic heterocycles. The lowest BCUT2D eigenvalue weighted by Gasteiger charge is -2.19. The quantitative estimate of drug-likeness (QED) is 0.489. The van der Waals surface area contributed by atoms with Crippen LogP contribution in [0.2, 0.25) is 0 Å². The highest BCUT2D eigenvalue weighted by atomic mass is 15.4. The van der Waals surface area contributed by atoms with Gasteiger partial charge in [0.05, 0.1) is 18.4 Å². The maximum absolute atomic E-state index is 4.67. The molecule has 0 atom stereocenters. The Labute approximate surface area is 131 Å². The van der Waals surface area contributed by atoms with E-state index in [1.165, 1.54) is 5.56 Å². The van der Waals surface area contributed by atoms with Gasteiger partial charge < -0.3 is 0 Å². The molecular weight excluding hydrogens is 268 g/mol. The van der Waals surface area contributed by atoms with Gasteiger partial charge in [-0.3, -0.25) is 5.01 Å². The minimum atomic E-state index is 0.744. The van der Waals surface area contributed by atoms with Crippen LogP contribution in [-0.4, -0.2) is 6.21 Å². The van der Waals surface area contributed by atoms with Crippen LogP contribution in [0.5, 0.6) is 0 Å². The van der Waals surface area contributed by atoms with Crippen molar-refractivity contribution in [3.8, 4) is 0 Å². The van der Waals surface area contributed by atoms with Crippen LogP contribution < -0.4 is 5.01 Å². The molecule has 0 amide bonds. The second kappa shape index (κ2) is 7.23. The fourth-order valence-corrected chi connectivity index (χ4v) is 2.23. The van der Waals surface area contributed by atoms with Gasteiger partial charge in [0.25, 0.3) is 0 Å². The summed E-state index contributed by atoms with van der Waals surface area (Å²) in [6.45, 7) is 0.744. The Hall–Kier alpha value is -2.87. The maximum Gasteiger partial charge on any atom is 0.0666 e. The predicted octanol–water partition coefficient (Wildman–Crippen LogP) is 4.73. The fourth-order valence-electron chi connectivity index (χ4n) is 2.23. The average molecular weight is 286 g/mol. The van der Waals surface area contributed by atoms with Gasteiger partial charge in [0.15, 0.2) is 0 Å². The molecule has 108 valence electrons. The van der Waals surface area contributed by atoms with E-state index in [0.29, 0.717) is 0 Å². The van der Waals surface area contributed by atoms with Crippen molar-refractivity contribution < 1.29 is 0 Å². The van der Waals surface area contributed by atoms with Crippen LogP contribution in [0.3, 0.4) is 0 Å². The maximum atomic E-state index is 4.67. The molecule has 0 radical (unpaired) electrons. The Kier molecular flexibility index (Phi) is 4.63. The molecule has 2 nitrogen and oxygen atoms in total. The molecule has 3 aromatic rings. The first-order chi connectivity index (χ1) is 10.9. The van der Waals surface area contributed by atoms with Crippen molar-refractivity contribution in [3.05, 3.63) is 102 Å². The first-order valence-corrected chi connectivity index (χ1v) is 7.37. The lowest BCUT2D eigenvalue weighted by atomic mass is 10.2. The summed E-state index contributed by atoms with van der Waals surface area (Å²) < 4.78 is 0. The van der Waals surface area contributed by atoms with E-state index in [9.17, 15) is 0 Å². The Morgan fingerprint density at radius 3 is 1.86 bits per heavy atom. The summed E-state index contributed by atoms with van der Waals surface area (Å²) >= 11 is 0. The van der Waals surface area contributed by atoms with E-state index < -0.39 is 0 Å². The Morgan fingerprint density at radius 1 is 0.682 bits per heavy atom. The van der Waals surface area contributed by atoms with Crippen LogP contribution in [-0.2, 0) is 6.54 Å². The van der Waals surface area contributed by atoms with Gasteiger partial charge >= 0.3 is 0 Å². The normalized spacial score (nSPS) is 10.7. The van der Waals surface area contributed by atoms with E-state index in [0.717, 1.165) is 17.8 Å². The summed E-state index contributed by atoms with van der Waals surface area (Å²) in [7, 11) is 0. The van der Waals surface area contributed by atoms with E-state index >= 15 is 0 Å². The third-order valence-corrected chi connectivity index (χ3v) is 3.38. The SMILES string of the molecule is C(=N\N(Cc1ccccc1)c1ccccc1)/c1ccccc1.